The van der Waals surface area contributed by atoms with Gasteiger partial charge in [-0.2, -0.15) is 0 Å². The van der Waals surface area contributed by atoms with Gasteiger partial charge in [0.1, 0.15) is 12.6 Å². The van der Waals surface area contributed by atoms with Crippen molar-refractivity contribution in [3.05, 3.63) is 35.9 Å². The molecule has 0 aliphatic heterocycles. The van der Waals surface area contributed by atoms with Gasteiger partial charge in [-0.1, -0.05) is 30.3 Å². The van der Waals surface area contributed by atoms with E-state index in [4.69, 9.17) is 10.5 Å². The smallest absolute Gasteiger partial charge is 0.408 e. The molecule has 0 fully saturated rings. The van der Waals surface area contributed by atoms with Gasteiger partial charge in [0.15, 0.2) is 0 Å². The number of esters is 1. The summed E-state index contributed by atoms with van der Waals surface area (Å²) in [4.78, 5) is 23.2. The molecule has 4 N–H and O–H groups in total. The molecular formula is C14H22ClN3O4. The Balaban J connectivity index is 0.00000441. The van der Waals surface area contributed by atoms with Crippen molar-refractivity contribution in [2.24, 2.45) is 5.73 Å². The molecule has 0 aliphatic carbocycles. The molecule has 0 bridgehead atoms. The number of carbonyl (C=O) groups excluding carboxylic acids is 2. The maximum Gasteiger partial charge on any atom is 0.408 e. The van der Waals surface area contributed by atoms with Crippen LogP contribution in [0.25, 0.3) is 0 Å². The lowest BCUT2D eigenvalue weighted by Crippen LogP contribution is -2.48. The Morgan fingerprint density at radius 3 is 2.55 bits per heavy atom. The maximum absolute atomic E-state index is 11.7. The van der Waals surface area contributed by atoms with Crippen LogP contribution in [-0.4, -0.2) is 44.8 Å². The predicted molar refractivity (Wildman–Crippen MR) is 84.7 cm³/mol. The van der Waals surface area contributed by atoms with Crippen LogP contribution >= 0.6 is 12.4 Å². The summed E-state index contributed by atoms with van der Waals surface area (Å²) in [6.07, 6.45) is -0.677. The monoisotopic (exact) mass is 331 g/mol. The number of rotatable bonds is 8. The second kappa shape index (κ2) is 11.8. The van der Waals surface area contributed by atoms with Gasteiger partial charge in [0.05, 0.1) is 7.11 Å². The Hall–Kier alpha value is -1.83. The lowest BCUT2D eigenvalue weighted by atomic mass is 10.2. The highest BCUT2D eigenvalue weighted by Gasteiger charge is 2.21. The van der Waals surface area contributed by atoms with E-state index in [9.17, 15) is 9.59 Å². The third kappa shape index (κ3) is 7.82. The number of methoxy groups -OCH3 is 1. The molecule has 0 spiro atoms. The maximum atomic E-state index is 11.7. The minimum absolute atomic E-state index is 0. The Morgan fingerprint density at radius 1 is 1.27 bits per heavy atom. The van der Waals surface area contributed by atoms with Crippen molar-refractivity contribution in [1.29, 1.82) is 0 Å². The van der Waals surface area contributed by atoms with Crippen LogP contribution in [0.15, 0.2) is 30.3 Å². The summed E-state index contributed by atoms with van der Waals surface area (Å²) in [5.74, 6) is -0.545. The molecule has 1 atom stereocenters. The van der Waals surface area contributed by atoms with Gasteiger partial charge in [-0.15, -0.1) is 12.4 Å². The number of nitrogens with two attached hydrogens (primary N) is 1. The topological polar surface area (TPSA) is 103 Å². The number of benzene rings is 1. The lowest BCUT2D eigenvalue weighted by Gasteiger charge is -2.16. The molecule has 1 amide bonds. The van der Waals surface area contributed by atoms with E-state index in [1.54, 1.807) is 0 Å². The van der Waals surface area contributed by atoms with E-state index < -0.39 is 18.1 Å². The summed E-state index contributed by atoms with van der Waals surface area (Å²) in [6.45, 7) is 1.34. The van der Waals surface area contributed by atoms with Crippen LogP contribution in [0.3, 0.4) is 0 Å². The molecule has 124 valence electrons. The van der Waals surface area contributed by atoms with Gasteiger partial charge in [-0.05, 0) is 5.56 Å². The molecule has 0 radical (unpaired) electrons. The van der Waals surface area contributed by atoms with Crippen LogP contribution in [-0.2, 0) is 20.9 Å². The minimum Gasteiger partial charge on any atom is -0.467 e. The summed E-state index contributed by atoms with van der Waals surface area (Å²) in [7, 11) is 1.26. The van der Waals surface area contributed by atoms with E-state index in [1.807, 2.05) is 30.3 Å². The molecule has 0 saturated heterocycles. The predicted octanol–water partition coefficient (Wildman–Crippen LogP) is 0.425. The van der Waals surface area contributed by atoms with Crippen LogP contribution in [0, 0.1) is 0 Å². The highest BCUT2D eigenvalue weighted by molar-refractivity contribution is 5.85. The van der Waals surface area contributed by atoms with Crippen molar-refractivity contribution in [3.8, 4) is 0 Å². The first kappa shape index (κ1) is 20.2. The molecule has 22 heavy (non-hydrogen) atoms. The SMILES string of the molecule is COC(=O)[C@H](CNCCN)NC(=O)OCc1ccccc1.Cl. The first-order valence-electron chi connectivity index (χ1n) is 6.63. The van der Waals surface area contributed by atoms with Crippen LogP contribution in [0.5, 0.6) is 0 Å². The Bertz CT molecular complexity index is 445. The average molecular weight is 332 g/mol. The van der Waals surface area contributed by atoms with Crippen molar-refractivity contribution in [1.82, 2.24) is 10.6 Å². The molecule has 1 rings (SSSR count). The second-order valence-electron chi connectivity index (χ2n) is 4.27. The molecule has 0 unspecified atom stereocenters. The summed E-state index contributed by atoms with van der Waals surface area (Å²) >= 11 is 0. The van der Waals surface area contributed by atoms with Gasteiger partial charge < -0.3 is 25.8 Å². The van der Waals surface area contributed by atoms with Crippen molar-refractivity contribution in [2.45, 2.75) is 12.6 Å². The van der Waals surface area contributed by atoms with Crippen molar-refractivity contribution < 1.29 is 19.1 Å². The molecule has 0 saturated carbocycles. The third-order valence-electron chi connectivity index (χ3n) is 2.66. The molecule has 1 aromatic carbocycles. The molecule has 0 aromatic heterocycles. The van der Waals surface area contributed by atoms with E-state index in [0.29, 0.717) is 13.1 Å². The number of carbonyl (C=O) groups is 2. The number of hydrogen-bond donors (Lipinski definition) is 3. The quantitative estimate of drug-likeness (QED) is 0.471. The number of halogens is 1. The average Bonchev–Trinajstić information content (AvgIpc) is 2.52. The second-order valence-corrected chi connectivity index (χ2v) is 4.27. The first-order valence-corrected chi connectivity index (χ1v) is 6.63. The van der Waals surface area contributed by atoms with Gasteiger partial charge in [0, 0.05) is 19.6 Å². The standard InChI is InChI=1S/C14H21N3O4.ClH/c1-20-13(18)12(9-16-8-7-15)17-14(19)21-10-11-5-3-2-4-6-11;/h2-6,12,16H,7-10,15H2,1H3,(H,17,19);1H/t12-;/m0./s1. The van der Waals surface area contributed by atoms with E-state index in [2.05, 4.69) is 15.4 Å². The van der Waals surface area contributed by atoms with Crippen molar-refractivity contribution in [3.63, 3.8) is 0 Å². The number of alkyl carbamates (subject to hydrolysis) is 1. The highest BCUT2D eigenvalue weighted by Crippen LogP contribution is 2.00. The summed E-state index contributed by atoms with van der Waals surface area (Å²) in [5, 5.41) is 5.39. The normalized spacial score (nSPS) is 11.0. The zero-order valence-corrected chi connectivity index (χ0v) is 13.2. The van der Waals surface area contributed by atoms with E-state index in [-0.39, 0.29) is 25.6 Å². The molecule has 8 heteroatoms. The number of amides is 1. The van der Waals surface area contributed by atoms with Gasteiger partial charge in [-0.25, -0.2) is 9.59 Å². The highest BCUT2D eigenvalue weighted by atomic mass is 35.5. The molecular weight excluding hydrogens is 310 g/mol. The fourth-order valence-electron chi connectivity index (χ4n) is 1.59. The molecule has 7 nitrogen and oxygen atoms in total. The Morgan fingerprint density at radius 2 is 1.95 bits per heavy atom. The van der Waals surface area contributed by atoms with Gasteiger partial charge in [0.25, 0.3) is 0 Å². The Labute approximate surface area is 135 Å². The summed E-state index contributed by atoms with van der Waals surface area (Å²) < 4.78 is 9.68. The third-order valence-corrected chi connectivity index (χ3v) is 2.66. The van der Waals surface area contributed by atoms with Crippen molar-refractivity contribution in [2.75, 3.05) is 26.7 Å². The minimum atomic E-state index is -0.815. The van der Waals surface area contributed by atoms with Crippen LogP contribution < -0.4 is 16.4 Å². The van der Waals surface area contributed by atoms with E-state index >= 15 is 0 Å². The van der Waals surface area contributed by atoms with E-state index in [1.165, 1.54) is 7.11 Å². The molecule has 1 aromatic rings. The van der Waals surface area contributed by atoms with Crippen LogP contribution in [0.1, 0.15) is 5.56 Å². The van der Waals surface area contributed by atoms with Crippen LogP contribution in [0.2, 0.25) is 0 Å². The summed E-state index contributed by atoms with van der Waals surface area (Å²) in [5.41, 5.74) is 6.21. The number of nitrogens with one attached hydrogen (secondary N) is 2. The Kier molecular flexibility index (Phi) is 10.8. The molecule has 0 aliphatic rings. The molecule has 0 heterocycles. The zero-order valence-electron chi connectivity index (χ0n) is 12.4. The lowest BCUT2D eigenvalue weighted by molar-refractivity contribution is -0.142. The largest absolute Gasteiger partial charge is 0.467 e. The number of hydrogen-bond acceptors (Lipinski definition) is 6. The first-order chi connectivity index (χ1) is 10.2. The van der Waals surface area contributed by atoms with Crippen LogP contribution in [0.4, 0.5) is 4.79 Å². The van der Waals surface area contributed by atoms with Gasteiger partial charge in [0.2, 0.25) is 0 Å². The summed E-state index contributed by atoms with van der Waals surface area (Å²) in [6, 6.07) is 8.45. The van der Waals surface area contributed by atoms with Gasteiger partial charge >= 0.3 is 12.1 Å². The van der Waals surface area contributed by atoms with E-state index in [0.717, 1.165) is 5.56 Å². The van der Waals surface area contributed by atoms with Crippen molar-refractivity contribution >= 4 is 24.5 Å². The fourth-order valence-corrected chi connectivity index (χ4v) is 1.59. The number of ether oxygens (including phenoxy) is 2. The van der Waals surface area contributed by atoms with Gasteiger partial charge in [-0.3, -0.25) is 0 Å². The zero-order chi connectivity index (χ0) is 15.5. The fraction of sp³-hybridized carbons (Fsp3) is 0.429.